The van der Waals surface area contributed by atoms with E-state index in [-0.39, 0.29) is 11.3 Å². The zero-order valence-electron chi connectivity index (χ0n) is 10.1. The maximum Gasteiger partial charge on any atom is 0.339 e. The Kier molecular flexibility index (Phi) is 3.05. The van der Waals surface area contributed by atoms with Crippen LogP contribution in [0.15, 0.2) is 24.3 Å². The Labute approximate surface area is 110 Å². The molecule has 0 aliphatic rings. The van der Waals surface area contributed by atoms with Crippen molar-refractivity contribution < 1.29 is 9.90 Å². The quantitative estimate of drug-likeness (QED) is 0.876. The molecule has 0 unspecified atom stereocenters. The summed E-state index contributed by atoms with van der Waals surface area (Å²) in [4.78, 5) is 11.2. The summed E-state index contributed by atoms with van der Waals surface area (Å²) >= 11 is 6.13. The molecule has 5 heteroatoms. The van der Waals surface area contributed by atoms with Crippen LogP contribution in [-0.2, 0) is 7.05 Å². The number of aromatic carboxylic acids is 1. The summed E-state index contributed by atoms with van der Waals surface area (Å²) in [5, 5.41) is 9.72. The smallest absolute Gasteiger partial charge is 0.339 e. The summed E-state index contributed by atoms with van der Waals surface area (Å²) in [5.74, 6) is -1.03. The first kappa shape index (κ1) is 12.5. The van der Waals surface area contributed by atoms with Gasteiger partial charge in [0, 0.05) is 23.3 Å². The average molecular weight is 265 g/mol. The number of halogens is 1. The summed E-state index contributed by atoms with van der Waals surface area (Å²) in [5.41, 5.74) is 8.30. The minimum absolute atomic E-state index is 0.132. The molecule has 4 nitrogen and oxygen atoms in total. The molecule has 1 heterocycles. The summed E-state index contributed by atoms with van der Waals surface area (Å²) < 4.78 is 1.75. The Balaban J connectivity index is 2.78. The lowest BCUT2D eigenvalue weighted by atomic mass is 10.1. The van der Waals surface area contributed by atoms with E-state index in [9.17, 15) is 9.90 Å². The molecule has 0 saturated heterocycles. The first-order valence-electron chi connectivity index (χ1n) is 5.38. The molecule has 0 bridgehead atoms. The zero-order valence-corrected chi connectivity index (χ0v) is 10.8. The van der Waals surface area contributed by atoms with Crippen molar-refractivity contribution in [3.05, 3.63) is 40.5 Å². The van der Waals surface area contributed by atoms with Crippen molar-refractivity contribution in [2.75, 3.05) is 5.73 Å². The van der Waals surface area contributed by atoms with Crippen LogP contribution in [0.3, 0.4) is 0 Å². The molecule has 1 aromatic carbocycles. The molecule has 0 aliphatic heterocycles. The van der Waals surface area contributed by atoms with E-state index < -0.39 is 5.97 Å². The topological polar surface area (TPSA) is 68.2 Å². The highest BCUT2D eigenvalue weighted by Crippen LogP contribution is 2.36. The highest BCUT2D eigenvalue weighted by molar-refractivity contribution is 6.33. The molecule has 0 spiro atoms. The molecule has 0 radical (unpaired) electrons. The lowest BCUT2D eigenvalue weighted by Crippen LogP contribution is -2.01. The van der Waals surface area contributed by atoms with Gasteiger partial charge in [-0.3, -0.25) is 0 Å². The number of hydrogen-bond donors (Lipinski definition) is 2. The van der Waals surface area contributed by atoms with Crippen LogP contribution in [0.1, 0.15) is 16.1 Å². The SMILES string of the molecule is Cc1c(C(=O)O)c(N)c(-c2ccccc2Cl)n1C. The van der Waals surface area contributed by atoms with Crippen molar-refractivity contribution in [2.24, 2.45) is 7.05 Å². The van der Waals surface area contributed by atoms with Gasteiger partial charge in [0.1, 0.15) is 5.56 Å². The molecule has 94 valence electrons. The van der Waals surface area contributed by atoms with Gasteiger partial charge in [-0.25, -0.2) is 4.79 Å². The molecular formula is C13H13ClN2O2. The number of carboxylic acid groups (broad SMARTS) is 1. The van der Waals surface area contributed by atoms with Crippen LogP contribution in [-0.4, -0.2) is 15.6 Å². The van der Waals surface area contributed by atoms with Crippen molar-refractivity contribution in [3.63, 3.8) is 0 Å². The van der Waals surface area contributed by atoms with Crippen LogP contribution in [0.5, 0.6) is 0 Å². The number of aromatic nitrogens is 1. The predicted molar refractivity (Wildman–Crippen MR) is 72.0 cm³/mol. The number of carboxylic acids is 1. The molecule has 0 aliphatic carbocycles. The average Bonchev–Trinajstić information content (AvgIpc) is 2.52. The number of benzene rings is 1. The van der Waals surface area contributed by atoms with Crippen LogP contribution in [0.25, 0.3) is 11.3 Å². The molecule has 0 atom stereocenters. The maximum atomic E-state index is 11.2. The number of carbonyl (C=O) groups is 1. The van der Waals surface area contributed by atoms with Gasteiger partial charge in [-0.1, -0.05) is 29.8 Å². The first-order chi connectivity index (χ1) is 8.45. The fraction of sp³-hybridized carbons (Fsp3) is 0.154. The molecule has 2 rings (SSSR count). The Morgan fingerprint density at radius 3 is 2.50 bits per heavy atom. The molecule has 3 N–H and O–H groups in total. The molecule has 0 fully saturated rings. The summed E-state index contributed by atoms with van der Waals surface area (Å²) in [6, 6.07) is 7.22. The van der Waals surface area contributed by atoms with Gasteiger partial charge in [-0.2, -0.15) is 0 Å². The van der Waals surface area contributed by atoms with E-state index in [1.165, 1.54) is 0 Å². The number of nitrogens with zero attached hydrogens (tertiary/aromatic N) is 1. The zero-order chi connectivity index (χ0) is 13.4. The Bertz CT molecular complexity index is 632. The fourth-order valence-corrected chi connectivity index (χ4v) is 2.30. The second kappa shape index (κ2) is 4.38. The van der Waals surface area contributed by atoms with Crippen molar-refractivity contribution >= 4 is 23.3 Å². The fourth-order valence-electron chi connectivity index (χ4n) is 2.08. The molecule has 18 heavy (non-hydrogen) atoms. The molecule has 0 amide bonds. The summed E-state index contributed by atoms with van der Waals surface area (Å²) in [6.07, 6.45) is 0. The van der Waals surface area contributed by atoms with Gasteiger partial charge in [0.15, 0.2) is 0 Å². The van der Waals surface area contributed by atoms with Crippen molar-refractivity contribution in [1.82, 2.24) is 4.57 Å². The third kappa shape index (κ3) is 1.75. The summed E-state index contributed by atoms with van der Waals surface area (Å²) in [7, 11) is 1.77. The Morgan fingerprint density at radius 2 is 2.00 bits per heavy atom. The van der Waals surface area contributed by atoms with E-state index in [4.69, 9.17) is 17.3 Å². The van der Waals surface area contributed by atoms with Crippen LogP contribution >= 0.6 is 11.6 Å². The van der Waals surface area contributed by atoms with E-state index in [1.807, 2.05) is 18.2 Å². The number of hydrogen-bond acceptors (Lipinski definition) is 2. The minimum Gasteiger partial charge on any atom is -0.478 e. The third-order valence-corrected chi connectivity index (χ3v) is 3.40. The number of anilines is 1. The monoisotopic (exact) mass is 264 g/mol. The number of rotatable bonds is 2. The van der Waals surface area contributed by atoms with E-state index in [0.29, 0.717) is 16.4 Å². The second-order valence-corrected chi connectivity index (χ2v) is 4.47. The van der Waals surface area contributed by atoms with Crippen LogP contribution < -0.4 is 5.73 Å². The van der Waals surface area contributed by atoms with Gasteiger partial charge < -0.3 is 15.4 Å². The highest BCUT2D eigenvalue weighted by atomic mass is 35.5. The van der Waals surface area contributed by atoms with E-state index in [0.717, 1.165) is 5.56 Å². The second-order valence-electron chi connectivity index (χ2n) is 4.07. The minimum atomic E-state index is -1.03. The van der Waals surface area contributed by atoms with E-state index in [2.05, 4.69) is 0 Å². The summed E-state index contributed by atoms with van der Waals surface area (Å²) in [6.45, 7) is 1.72. The lowest BCUT2D eigenvalue weighted by Gasteiger charge is -2.08. The van der Waals surface area contributed by atoms with Crippen molar-refractivity contribution in [2.45, 2.75) is 6.92 Å². The van der Waals surface area contributed by atoms with Crippen LogP contribution in [0.4, 0.5) is 5.69 Å². The normalized spacial score (nSPS) is 10.6. The van der Waals surface area contributed by atoms with Crippen molar-refractivity contribution in [3.8, 4) is 11.3 Å². The van der Waals surface area contributed by atoms with Gasteiger partial charge in [0.25, 0.3) is 0 Å². The third-order valence-electron chi connectivity index (χ3n) is 3.07. The van der Waals surface area contributed by atoms with E-state index >= 15 is 0 Å². The van der Waals surface area contributed by atoms with Gasteiger partial charge >= 0.3 is 5.97 Å². The van der Waals surface area contributed by atoms with Gasteiger partial charge in [-0.15, -0.1) is 0 Å². The van der Waals surface area contributed by atoms with Crippen molar-refractivity contribution in [1.29, 1.82) is 0 Å². The first-order valence-corrected chi connectivity index (χ1v) is 5.76. The molecule has 0 saturated carbocycles. The largest absolute Gasteiger partial charge is 0.478 e. The standard InChI is InChI=1S/C13H13ClN2O2/c1-7-10(13(17)18)11(15)12(16(7)2)8-5-3-4-6-9(8)14/h3-6H,15H2,1-2H3,(H,17,18). The lowest BCUT2D eigenvalue weighted by molar-refractivity contribution is 0.0697. The van der Waals surface area contributed by atoms with Gasteiger partial charge in [0.05, 0.1) is 11.4 Å². The number of nitrogen functional groups attached to an aromatic ring is 1. The Hall–Kier alpha value is -1.94. The predicted octanol–water partition coefficient (Wildman–Crippen LogP) is 2.93. The van der Waals surface area contributed by atoms with Gasteiger partial charge in [-0.05, 0) is 13.0 Å². The molecular weight excluding hydrogens is 252 g/mol. The van der Waals surface area contributed by atoms with Gasteiger partial charge in [0.2, 0.25) is 0 Å². The van der Waals surface area contributed by atoms with E-state index in [1.54, 1.807) is 24.6 Å². The highest BCUT2D eigenvalue weighted by Gasteiger charge is 2.23. The van der Waals surface area contributed by atoms with Crippen LogP contribution in [0.2, 0.25) is 5.02 Å². The number of nitrogens with two attached hydrogens (primary N) is 1. The Morgan fingerprint density at radius 1 is 1.39 bits per heavy atom. The molecule has 1 aromatic heterocycles. The molecule has 2 aromatic rings. The maximum absolute atomic E-state index is 11.2. The van der Waals surface area contributed by atoms with Crippen LogP contribution in [0, 0.1) is 6.92 Å².